The van der Waals surface area contributed by atoms with E-state index >= 15 is 0 Å². The van der Waals surface area contributed by atoms with Gasteiger partial charge in [0, 0.05) is 59.2 Å². The van der Waals surface area contributed by atoms with Crippen LogP contribution in [0.3, 0.4) is 0 Å². The minimum Gasteiger partial charge on any atom is -0.296 e. The summed E-state index contributed by atoms with van der Waals surface area (Å²) in [6, 6.07) is 10.4. The first-order valence-corrected chi connectivity index (χ1v) is 9.80. The van der Waals surface area contributed by atoms with E-state index in [-0.39, 0.29) is 0 Å². The second kappa shape index (κ2) is 7.65. The molecule has 0 radical (unpaired) electrons. The zero-order chi connectivity index (χ0) is 17.9. The van der Waals surface area contributed by atoms with Crippen molar-refractivity contribution in [3.63, 3.8) is 0 Å². The molecule has 1 aliphatic heterocycles. The van der Waals surface area contributed by atoms with Gasteiger partial charge in [-0.15, -0.1) is 0 Å². The van der Waals surface area contributed by atoms with Crippen molar-refractivity contribution >= 4 is 10.2 Å². The molecule has 1 aliphatic rings. The van der Waals surface area contributed by atoms with Crippen LogP contribution in [0.5, 0.6) is 0 Å². The number of nitrogens with zero attached hydrogens (tertiary/aromatic N) is 5. The first-order chi connectivity index (χ1) is 11.9. The van der Waals surface area contributed by atoms with Crippen molar-refractivity contribution in [1.29, 1.82) is 0 Å². The molecule has 0 saturated carbocycles. The molecule has 0 aliphatic carbocycles. The summed E-state index contributed by atoms with van der Waals surface area (Å²) in [5.41, 5.74) is 2.46. The topological polar surface area (TPSA) is 61.7 Å². The van der Waals surface area contributed by atoms with Crippen molar-refractivity contribution in [3.8, 4) is 0 Å². The number of piperazine rings is 1. The van der Waals surface area contributed by atoms with Crippen molar-refractivity contribution in [2.24, 2.45) is 0 Å². The van der Waals surface area contributed by atoms with Crippen molar-refractivity contribution in [2.45, 2.75) is 13.1 Å². The predicted molar refractivity (Wildman–Crippen MR) is 97.2 cm³/mol. The molecule has 1 saturated heterocycles. The van der Waals surface area contributed by atoms with Crippen molar-refractivity contribution < 1.29 is 8.42 Å². The molecule has 0 bridgehead atoms. The van der Waals surface area contributed by atoms with E-state index in [1.165, 1.54) is 15.4 Å². The molecule has 0 N–H and O–H groups in total. The maximum absolute atomic E-state index is 12.2. The van der Waals surface area contributed by atoms with Crippen LogP contribution in [0.1, 0.15) is 11.1 Å². The van der Waals surface area contributed by atoms with Gasteiger partial charge in [0.1, 0.15) is 0 Å². The van der Waals surface area contributed by atoms with Gasteiger partial charge in [-0.2, -0.15) is 22.1 Å². The van der Waals surface area contributed by atoms with Crippen molar-refractivity contribution in [3.05, 3.63) is 53.9 Å². The summed E-state index contributed by atoms with van der Waals surface area (Å²) in [5, 5.41) is 4.24. The summed E-state index contributed by atoms with van der Waals surface area (Å²) in [4.78, 5) is 2.30. The lowest BCUT2D eigenvalue weighted by atomic mass is 10.1. The van der Waals surface area contributed by atoms with E-state index in [1.54, 1.807) is 24.6 Å². The van der Waals surface area contributed by atoms with Crippen LogP contribution in [-0.4, -0.2) is 72.0 Å². The highest BCUT2D eigenvalue weighted by Gasteiger charge is 2.28. The zero-order valence-electron chi connectivity index (χ0n) is 14.7. The van der Waals surface area contributed by atoms with Crippen LogP contribution in [-0.2, 0) is 23.3 Å². The number of hydrogen-bond acceptors (Lipinski definition) is 4. The average molecular weight is 363 g/mol. The number of benzene rings is 1. The van der Waals surface area contributed by atoms with E-state index in [4.69, 9.17) is 0 Å². The second-order valence-electron chi connectivity index (χ2n) is 6.49. The number of hydrogen-bond donors (Lipinski definition) is 0. The number of aromatic nitrogens is 2. The normalized spacial score (nSPS) is 17.2. The van der Waals surface area contributed by atoms with Crippen molar-refractivity contribution in [1.82, 2.24) is 23.3 Å². The molecular formula is C17H25N5O2S. The third kappa shape index (κ3) is 4.46. The molecule has 1 aromatic heterocycles. The molecule has 0 spiro atoms. The van der Waals surface area contributed by atoms with Crippen LogP contribution in [0.15, 0.2) is 42.7 Å². The lowest BCUT2D eigenvalue weighted by Crippen LogP contribution is -2.51. The zero-order valence-corrected chi connectivity index (χ0v) is 15.6. The molecule has 2 aromatic rings. The predicted octanol–water partition coefficient (Wildman–Crippen LogP) is 0.855. The van der Waals surface area contributed by atoms with Crippen LogP contribution >= 0.6 is 0 Å². The molecule has 3 rings (SSSR count). The molecule has 8 heteroatoms. The van der Waals surface area contributed by atoms with E-state index in [0.717, 1.165) is 26.2 Å². The minimum atomic E-state index is -3.30. The molecule has 2 heterocycles. The van der Waals surface area contributed by atoms with Gasteiger partial charge in [0.25, 0.3) is 10.2 Å². The van der Waals surface area contributed by atoms with Gasteiger partial charge in [-0.05, 0) is 17.2 Å². The first-order valence-electron chi connectivity index (χ1n) is 8.40. The van der Waals surface area contributed by atoms with Crippen LogP contribution in [0, 0.1) is 0 Å². The Morgan fingerprint density at radius 2 is 1.72 bits per heavy atom. The highest BCUT2D eigenvalue weighted by Crippen LogP contribution is 2.14. The molecule has 0 amide bonds. The monoisotopic (exact) mass is 363 g/mol. The SMILES string of the molecule is CN(C)S(=O)(=O)N1CCN(Cc2cccc(Cn3cccn3)c2)CC1. The minimum absolute atomic E-state index is 0.535. The summed E-state index contributed by atoms with van der Waals surface area (Å²) >= 11 is 0. The largest absolute Gasteiger partial charge is 0.296 e. The van der Waals surface area contributed by atoms with E-state index in [1.807, 2.05) is 16.9 Å². The Morgan fingerprint density at radius 1 is 1.04 bits per heavy atom. The smallest absolute Gasteiger partial charge is 0.281 e. The summed E-state index contributed by atoms with van der Waals surface area (Å²) < 4.78 is 29.1. The number of rotatable bonds is 6. The van der Waals surface area contributed by atoms with Gasteiger partial charge in [0.15, 0.2) is 0 Å². The maximum Gasteiger partial charge on any atom is 0.281 e. The van der Waals surface area contributed by atoms with Crippen LogP contribution in [0.2, 0.25) is 0 Å². The van der Waals surface area contributed by atoms with Gasteiger partial charge in [-0.3, -0.25) is 9.58 Å². The Labute approximate surface area is 149 Å². The average Bonchev–Trinajstić information content (AvgIpc) is 3.08. The van der Waals surface area contributed by atoms with Crippen LogP contribution in [0.4, 0.5) is 0 Å². The van der Waals surface area contributed by atoms with E-state index in [0.29, 0.717) is 13.1 Å². The lowest BCUT2D eigenvalue weighted by Gasteiger charge is -2.35. The standard InChI is InChI=1S/C17H25N5O2S/c1-19(2)25(23,24)22-11-9-20(10-12-22)14-16-5-3-6-17(13-16)15-21-8-4-7-18-21/h3-8,13H,9-12,14-15H2,1-2H3. The Hall–Kier alpha value is -1.74. The molecule has 136 valence electrons. The molecule has 0 unspecified atom stereocenters. The van der Waals surface area contributed by atoms with Gasteiger partial charge in [-0.1, -0.05) is 24.3 Å². The van der Waals surface area contributed by atoms with Gasteiger partial charge < -0.3 is 0 Å². The highest BCUT2D eigenvalue weighted by molar-refractivity contribution is 7.86. The van der Waals surface area contributed by atoms with Gasteiger partial charge in [0.05, 0.1) is 6.54 Å². The molecule has 7 nitrogen and oxygen atoms in total. The van der Waals surface area contributed by atoms with Gasteiger partial charge in [-0.25, -0.2) is 0 Å². The highest BCUT2D eigenvalue weighted by atomic mass is 32.2. The van der Waals surface area contributed by atoms with Crippen LogP contribution in [0.25, 0.3) is 0 Å². The summed E-state index contributed by atoms with van der Waals surface area (Å²) in [5.74, 6) is 0. The molecular weight excluding hydrogens is 338 g/mol. The molecule has 25 heavy (non-hydrogen) atoms. The fourth-order valence-electron chi connectivity index (χ4n) is 3.01. The summed E-state index contributed by atoms with van der Waals surface area (Å²) in [7, 11) is -0.149. The lowest BCUT2D eigenvalue weighted by molar-refractivity contribution is 0.177. The molecule has 1 fully saturated rings. The Morgan fingerprint density at radius 3 is 2.32 bits per heavy atom. The fourth-order valence-corrected chi connectivity index (χ4v) is 4.10. The van der Waals surface area contributed by atoms with Gasteiger partial charge in [0.2, 0.25) is 0 Å². The first kappa shape index (κ1) is 18.1. The van der Waals surface area contributed by atoms with Gasteiger partial charge >= 0.3 is 0 Å². The second-order valence-corrected chi connectivity index (χ2v) is 8.63. The third-order valence-corrected chi connectivity index (χ3v) is 6.36. The Bertz CT molecular complexity index is 781. The summed E-state index contributed by atoms with van der Waals surface area (Å²) in [6.45, 7) is 4.16. The van der Waals surface area contributed by atoms with E-state index < -0.39 is 10.2 Å². The van der Waals surface area contributed by atoms with E-state index in [2.05, 4.69) is 34.3 Å². The quantitative estimate of drug-likeness (QED) is 0.764. The maximum atomic E-state index is 12.2. The molecule has 0 atom stereocenters. The Kier molecular flexibility index (Phi) is 5.53. The third-order valence-electron chi connectivity index (χ3n) is 4.42. The summed E-state index contributed by atoms with van der Waals surface area (Å²) in [6.07, 6.45) is 3.74. The van der Waals surface area contributed by atoms with Crippen LogP contribution < -0.4 is 0 Å². The molecule has 1 aromatic carbocycles. The Balaban J connectivity index is 1.57. The van der Waals surface area contributed by atoms with Crippen molar-refractivity contribution in [2.75, 3.05) is 40.3 Å². The van der Waals surface area contributed by atoms with E-state index in [9.17, 15) is 8.42 Å². The fraction of sp³-hybridized carbons (Fsp3) is 0.471.